The predicted octanol–water partition coefficient (Wildman–Crippen LogP) is 1.63. The third kappa shape index (κ3) is 1.66. The summed E-state index contributed by atoms with van der Waals surface area (Å²) >= 11 is 0. The molecule has 1 aliphatic heterocycles. The topological polar surface area (TPSA) is 46.5 Å². The van der Waals surface area contributed by atoms with Crippen molar-refractivity contribution in [2.24, 2.45) is 0 Å². The Kier molecular flexibility index (Phi) is 2.56. The van der Waals surface area contributed by atoms with E-state index in [1.807, 2.05) is 18.2 Å². The molecule has 3 heteroatoms. The van der Waals surface area contributed by atoms with Crippen LogP contribution in [0.3, 0.4) is 0 Å². The first-order chi connectivity index (χ1) is 7.24. The van der Waals surface area contributed by atoms with E-state index in [9.17, 15) is 9.90 Å². The van der Waals surface area contributed by atoms with Crippen LogP contribution in [0.5, 0.6) is 5.75 Å². The number of aliphatic hydroxyl groups is 1. The molecule has 3 nitrogen and oxygen atoms in total. The van der Waals surface area contributed by atoms with Crippen molar-refractivity contribution in [3.8, 4) is 5.75 Å². The summed E-state index contributed by atoms with van der Waals surface area (Å²) in [6.07, 6.45) is 1.62. The molecule has 0 saturated heterocycles. The smallest absolute Gasteiger partial charge is 0.131 e. The van der Waals surface area contributed by atoms with Gasteiger partial charge in [-0.05, 0) is 13.0 Å². The first-order valence-corrected chi connectivity index (χ1v) is 4.83. The van der Waals surface area contributed by atoms with E-state index in [1.54, 1.807) is 13.0 Å². The van der Waals surface area contributed by atoms with Gasteiger partial charge in [0.2, 0.25) is 0 Å². The molecule has 1 aliphatic rings. The van der Waals surface area contributed by atoms with Crippen molar-refractivity contribution in [3.05, 3.63) is 41.7 Å². The quantitative estimate of drug-likeness (QED) is 0.745. The largest absolute Gasteiger partial charge is 0.465 e. The number of para-hydroxylation sites is 1. The van der Waals surface area contributed by atoms with Crippen LogP contribution in [0.15, 0.2) is 36.1 Å². The molecule has 0 fully saturated rings. The summed E-state index contributed by atoms with van der Waals surface area (Å²) in [5.41, 5.74) is 1.41. The van der Waals surface area contributed by atoms with Gasteiger partial charge in [-0.25, -0.2) is 0 Å². The number of carbonyl (C=O) groups is 1. The van der Waals surface area contributed by atoms with Gasteiger partial charge in [-0.15, -0.1) is 0 Å². The van der Waals surface area contributed by atoms with Crippen molar-refractivity contribution in [1.82, 2.24) is 0 Å². The Hall–Kier alpha value is -1.61. The van der Waals surface area contributed by atoms with Gasteiger partial charge < -0.3 is 14.6 Å². The van der Waals surface area contributed by atoms with Gasteiger partial charge in [-0.3, -0.25) is 0 Å². The Morgan fingerprint density at radius 3 is 2.87 bits per heavy atom. The predicted molar refractivity (Wildman–Crippen MR) is 55.6 cm³/mol. The summed E-state index contributed by atoms with van der Waals surface area (Å²) in [6, 6.07) is 7.34. The molecule has 0 aliphatic carbocycles. The SMILES string of the molecule is CC(O)C1=COc2ccccc2C1C=O. The highest BCUT2D eigenvalue weighted by molar-refractivity contribution is 5.71. The molecule has 0 saturated carbocycles. The summed E-state index contributed by atoms with van der Waals surface area (Å²) in [5.74, 6) is 0.286. The lowest BCUT2D eigenvalue weighted by Crippen LogP contribution is -2.19. The highest BCUT2D eigenvalue weighted by atomic mass is 16.5. The lowest BCUT2D eigenvalue weighted by molar-refractivity contribution is -0.108. The van der Waals surface area contributed by atoms with E-state index in [2.05, 4.69) is 0 Å². The van der Waals surface area contributed by atoms with Crippen molar-refractivity contribution in [1.29, 1.82) is 0 Å². The first-order valence-electron chi connectivity index (χ1n) is 4.83. The van der Waals surface area contributed by atoms with Gasteiger partial charge in [-0.1, -0.05) is 18.2 Å². The number of aliphatic hydroxyl groups excluding tert-OH is 1. The van der Waals surface area contributed by atoms with Crippen LogP contribution < -0.4 is 4.74 Å². The Bertz CT molecular complexity index is 407. The minimum atomic E-state index is -0.673. The zero-order valence-corrected chi connectivity index (χ0v) is 8.38. The van der Waals surface area contributed by atoms with Crippen LogP contribution in [-0.4, -0.2) is 17.5 Å². The van der Waals surface area contributed by atoms with Crippen molar-refractivity contribution >= 4 is 6.29 Å². The van der Waals surface area contributed by atoms with E-state index in [-0.39, 0.29) is 0 Å². The summed E-state index contributed by atoms with van der Waals surface area (Å²) in [4.78, 5) is 11.0. The van der Waals surface area contributed by atoms with Crippen molar-refractivity contribution in [3.63, 3.8) is 0 Å². The zero-order chi connectivity index (χ0) is 10.8. The molecule has 0 aromatic heterocycles. The van der Waals surface area contributed by atoms with Crippen LogP contribution in [0, 0.1) is 0 Å². The van der Waals surface area contributed by atoms with Crippen molar-refractivity contribution < 1.29 is 14.6 Å². The van der Waals surface area contributed by atoms with Crippen LogP contribution in [0.4, 0.5) is 0 Å². The van der Waals surface area contributed by atoms with E-state index >= 15 is 0 Å². The number of benzene rings is 1. The Morgan fingerprint density at radius 1 is 1.47 bits per heavy atom. The monoisotopic (exact) mass is 204 g/mol. The molecule has 1 heterocycles. The molecule has 1 aromatic rings. The molecule has 0 radical (unpaired) electrons. The third-order valence-corrected chi connectivity index (χ3v) is 2.55. The zero-order valence-electron chi connectivity index (χ0n) is 8.38. The maximum absolute atomic E-state index is 11.0. The molecule has 0 bridgehead atoms. The number of fused-ring (bicyclic) bond motifs is 1. The maximum atomic E-state index is 11.0. The number of aldehydes is 1. The number of hydrogen-bond acceptors (Lipinski definition) is 3. The number of ether oxygens (including phenoxy) is 1. The van der Waals surface area contributed by atoms with Crippen LogP contribution in [-0.2, 0) is 4.79 Å². The van der Waals surface area contributed by atoms with Gasteiger partial charge in [0, 0.05) is 11.1 Å². The number of carbonyl (C=O) groups excluding carboxylic acids is 1. The maximum Gasteiger partial charge on any atom is 0.131 e. The Morgan fingerprint density at radius 2 is 2.20 bits per heavy atom. The summed E-state index contributed by atoms with van der Waals surface area (Å²) < 4.78 is 5.35. The fourth-order valence-corrected chi connectivity index (χ4v) is 1.74. The molecule has 78 valence electrons. The molecule has 0 spiro atoms. The van der Waals surface area contributed by atoms with Gasteiger partial charge in [0.1, 0.15) is 12.0 Å². The van der Waals surface area contributed by atoms with E-state index < -0.39 is 12.0 Å². The molecular formula is C12H12O3. The number of hydrogen-bond donors (Lipinski definition) is 1. The Labute approximate surface area is 88.0 Å². The fraction of sp³-hybridized carbons (Fsp3) is 0.250. The molecule has 2 unspecified atom stereocenters. The average Bonchev–Trinajstić information content (AvgIpc) is 2.27. The van der Waals surface area contributed by atoms with Crippen molar-refractivity contribution in [2.45, 2.75) is 18.9 Å². The third-order valence-electron chi connectivity index (χ3n) is 2.55. The molecule has 1 N–H and O–H groups in total. The van der Waals surface area contributed by atoms with Gasteiger partial charge in [0.25, 0.3) is 0 Å². The highest BCUT2D eigenvalue weighted by Crippen LogP contribution is 2.35. The highest BCUT2D eigenvalue weighted by Gasteiger charge is 2.26. The van der Waals surface area contributed by atoms with Gasteiger partial charge in [-0.2, -0.15) is 0 Å². The van der Waals surface area contributed by atoms with Gasteiger partial charge in [0.05, 0.1) is 18.3 Å². The molecular weight excluding hydrogens is 192 g/mol. The minimum absolute atomic E-state index is 0.394. The van der Waals surface area contributed by atoms with Gasteiger partial charge in [0.15, 0.2) is 0 Å². The van der Waals surface area contributed by atoms with Crippen LogP contribution in [0.25, 0.3) is 0 Å². The van der Waals surface area contributed by atoms with Crippen LogP contribution >= 0.6 is 0 Å². The van der Waals surface area contributed by atoms with E-state index in [0.29, 0.717) is 11.3 Å². The van der Waals surface area contributed by atoms with E-state index in [0.717, 1.165) is 11.8 Å². The van der Waals surface area contributed by atoms with Gasteiger partial charge >= 0.3 is 0 Å². The Balaban J connectivity index is 2.46. The lowest BCUT2D eigenvalue weighted by Gasteiger charge is -2.24. The summed E-state index contributed by atoms with van der Waals surface area (Å²) in [6.45, 7) is 1.62. The molecule has 15 heavy (non-hydrogen) atoms. The van der Waals surface area contributed by atoms with Crippen LogP contribution in [0.2, 0.25) is 0 Å². The fourth-order valence-electron chi connectivity index (χ4n) is 1.74. The van der Waals surface area contributed by atoms with Crippen LogP contribution in [0.1, 0.15) is 18.4 Å². The minimum Gasteiger partial charge on any atom is -0.465 e. The molecule has 2 atom stereocenters. The standard InChI is InChI=1S/C12H12O3/c1-8(14)11-7-15-12-5-3-2-4-9(12)10(11)6-13/h2-8,10,14H,1H3. The summed E-state index contributed by atoms with van der Waals surface area (Å²) in [7, 11) is 0. The normalized spacial score (nSPS) is 20.9. The molecule has 1 aromatic carbocycles. The van der Waals surface area contributed by atoms with Crippen molar-refractivity contribution in [2.75, 3.05) is 0 Å². The second-order valence-corrected chi connectivity index (χ2v) is 3.56. The van der Waals surface area contributed by atoms with E-state index in [1.165, 1.54) is 6.26 Å². The summed E-state index contributed by atoms with van der Waals surface area (Å²) in [5, 5.41) is 9.50. The number of rotatable bonds is 2. The second kappa shape index (κ2) is 3.87. The average molecular weight is 204 g/mol. The lowest BCUT2D eigenvalue weighted by atomic mass is 9.88. The second-order valence-electron chi connectivity index (χ2n) is 3.56. The molecule has 0 amide bonds. The first kappa shape index (κ1) is 9.93. The van der Waals surface area contributed by atoms with E-state index in [4.69, 9.17) is 4.74 Å². The molecule has 2 rings (SSSR count).